The third-order valence-electron chi connectivity index (χ3n) is 5.14. The van der Waals surface area contributed by atoms with E-state index in [0.717, 1.165) is 12.8 Å². The molecule has 1 saturated heterocycles. The number of ether oxygens (including phenoxy) is 3. The number of nitrogens with zero attached hydrogens (tertiary/aromatic N) is 4. The van der Waals surface area contributed by atoms with Crippen molar-refractivity contribution in [3.63, 3.8) is 0 Å². The first-order chi connectivity index (χ1) is 16.4. The summed E-state index contributed by atoms with van der Waals surface area (Å²) in [5.41, 5.74) is 1.35. The van der Waals surface area contributed by atoms with Gasteiger partial charge in [-0.05, 0) is 24.5 Å². The number of fused-ring (bicyclic) bond motifs is 1. The van der Waals surface area contributed by atoms with Crippen LogP contribution in [0.1, 0.15) is 52.1 Å². The van der Waals surface area contributed by atoms with Crippen molar-refractivity contribution in [1.29, 1.82) is 0 Å². The maximum atomic E-state index is 11.9. The van der Waals surface area contributed by atoms with Crippen LogP contribution in [0.4, 0.5) is 0 Å². The lowest BCUT2D eigenvalue weighted by Crippen LogP contribution is -2.36. The van der Waals surface area contributed by atoms with Crippen molar-refractivity contribution >= 4 is 34.7 Å². The molecule has 4 heterocycles. The van der Waals surface area contributed by atoms with Crippen LogP contribution in [0.15, 0.2) is 18.3 Å². The van der Waals surface area contributed by atoms with Gasteiger partial charge in [-0.2, -0.15) is 0 Å². The topological polar surface area (TPSA) is 121 Å². The quantitative estimate of drug-likeness (QED) is 0.244. The van der Waals surface area contributed by atoms with E-state index in [4.69, 9.17) is 25.8 Å². The van der Waals surface area contributed by atoms with Crippen molar-refractivity contribution in [3.05, 3.63) is 29.3 Å². The Morgan fingerprint density at radius 2 is 2.06 bits per heavy atom. The minimum absolute atomic E-state index is 0.0224. The molecule has 0 bridgehead atoms. The van der Waals surface area contributed by atoms with E-state index in [2.05, 4.69) is 38.7 Å². The van der Waals surface area contributed by atoms with E-state index in [1.807, 2.05) is 12.1 Å². The minimum Gasteiger partial charge on any atom is -0.456 e. The number of hydrogen-bond donors (Lipinski definition) is 1. The standard InChI is InChI=1S/C23H24ClN5O5/c1-4-5-6-7-10-17-26-20(24)18-22(27-17)29(21(28-18)15-9-8-11-25-15)23-19(34-14(3)31)16(12-32-23)33-13(2)30/h8-9,11,16,19,23,25H,4-6,12H2,1-3H3/t16-,19-,23-/m1/s1. The minimum atomic E-state index is -0.930. The number of aromatic amines is 1. The van der Waals surface area contributed by atoms with Crippen LogP contribution in [0.5, 0.6) is 0 Å². The second-order valence-corrected chi connectivity index (χ2v) is 8.11. The molecule has 11 heteroatoms. The van der Waals surface area contributed by atoms with Crippen LogP contribution in [0, 0.1) is 11.8 Å². The lowest BCUT2D eigenvalue weighted by Gasteiger charge is -2.24. The average molecular weight is 486 g/mol. The molecule has 4 rings (SSSR count). The number of unbranched alkanes of at least 4 members (excludes halogenated alkanes) is 2. The number of H-pyrrole nitrogens is 1. The third-order valence-corrected chi connectivity index (χ3v) is 5.41. The number of rotatable bonds is 6. The molecule has 0 radical (unpaired) electrons. The summed E-state index contributed by atoms with van der Waals surface area (Å²) < 4.78 is 18.5. The van der Waals surface area contributed by atoms with Crippen LogP contribution in [-0.4, -0.2) is 55.3 Å². The highest BCUT2D eigenvalue weighted by molar-refractivity contribution is 6.33. The molecule has 0 aliphatic carbocycles. The number of aromatic nitrogens is 5. The van der Waals surface area contributed by atoms with Gasteiger partial charge in [-0.3, -0.25) is 14.2 Å². The summed E-state index contributed by atoms with van der Waals surface area (Å²) in [5, 5.41) is 0.134. The molecule has 0 aromatic carbocycles. The lowest BCUT2D eigenvalue weighted by atomic mass is 10.2. The molecular weight excluding hydrogens is 462 g/mol. The molecule has 1 aliphatic rings. The van der Waals surface area contributed by atoms with Gasteiger partial charge in [0.05, 0.1) is 12.3 Å². The van der Waals surface area contributed by atoms with Crippen molar-refractivity contribution in [2.24, 2.45) is 0 Å². The fourth-order valence-electron chi connectivity index (χ4n) is 3.73. The maximum absolute atomic E-state index is 11.9. The van der Waals surface area contributed by atoms with E-state index in [0.29, 0.717) is 29.1 Å². The summed E-state index contributed by atoms with van der Waals surface area (Å²) in [4.78, 5) is 40.2. The van der Waals surface area contributed by atoms with Crippen molar-refractivity contribution < 1.29 is 23.8 Å². The summed E-state index contributed by atoms with van der Waals surface area (Å²) >= 11 is 6.47. The average Bonchev–Trinajstić information content (AvgIpc) is 3.50. The van der Waals surface area contributed by atoms with Crippen LogP contribution >= 0.6 is 11.6 Å². The number of carbonyl (C=O) groups is 2. The molecule has 3 aromatic heterocycles. The fourth-order valence-corrected chi connectivity index (χ4v) is 3.94. The van der Waals surface area contributed by atoms with Crippen molar-refractivity contribution in [1.82, 2.24) is 24.5 Å². The summed E-state index contributed by atoms with van der Waals surface area (Å²) in [5.74, 6) is 5.63. The highest BCUT2D eigenvalue weighted by atomic mass is 35.5. The summed E-state index contributed by atoms with van der Waals surface area (Å²) in [6.45, 7) is 4.67. The van der Waals surface area contributed by atoms with E-state index >= 15 is 0 Å². The highest BCUT2D eigenvalue weighted by Gasteiger charge is 2.45. The van der Waals surface area contributed by atoms with Gasteiger partial charge in [0.2, 0.25) is 5.82 Å². The largest absolute Gasteiger partial charge is 0.456 e. The van der Waals surface area contributed by atoms with E-state index in [9.17, 15) is 9.59 Å². The zero-order chi connectivity index (χ0) is 24.2. The SMILES string of the molecule is CCCCC#Cc1nc(Cl)c2nc(-c3ccc[nH]3)n([C@@H]3OC[C@@H](OC(C)=O)[C@H]3OC(C)=O)c2n1. The molecule has 3 atom stereocenters. The Balaban J connectivity index is 1.87. The van der Waals surface area contributed by atoms with E-state index in [-0.39, 0.29) is 17.6 Å². The zero-order valence-electron chi connectivity index (χ0n) is 19.0. The lowest BCUT2D eigenvalue weighted by molar-refractivity contribution is -0.164. The molecule has 1 aliphatic heterocycles. The normalized spacial score (nSPS) is 19.6. The molecule has 10 nitrogen and oxygen atoms in total. The van der Waals surface area contributed by atoms with Gasteiger partial charge in [-0.15, -0.1) is 0 Å². The second-order valence-electron chi connectivity index (χ2n) is 7.75. The zero-order valence-corrected chi connectivity index (χ0v) is 19.8. The number of carbonyl (C=O) groups excluding carboxylic acids is 2. The van der Waals surface area contributed by atoms with Gasteiger partial charge in [0.25, 0.3) is 0 Å². The number of nitrogens with one attached hydrogen (secondary N) is 1. The van der Waals surface area contributed by atoms with Crippen molar-refractivity contribution in [2.45, 2.75) is 58.5 Å². The van der Waals surface area contributed by atoms with Crippen LogP contribution < -0.4 is 0 Å². The molecule has 3 aromatic rings. The number of imidazole rings is 1. The fraction of sp³-hybridized carbons (Fsp3) is 0.435. The van der Waals surface area contributed by atoms with Gasteiger partial charge in [0.1, 0.15) is 5.52 Å². The number of halogens is 1. The molecular formula is C23H24ClN5O5. The molecule has 0 unspecified atom stereocenters. The Bertz CT molecular complexity index is 1260. The Kier molecular flexibility index (Phi) is 7.14. The van der Waals surface area contributed by atoms with Gasteiger partial charge < -0.3 is 19.2 Å². The third kappa shape index (κ3) is 4.90. The molecule has 178 valence electrons. The highest BCUT2D eigenvalue weighted by Crippen LogP contribution is 2.36. The van der Waals surface area contributed by atoms with E-state index in [1.165, 1.54) is 13.8 Å². The number of esters is 2. The van der Waals surface area contributed by atoms with Gasteiger partial charge in [0, 0.05) is 26.5 Å². The predicted octanol–water partition coefficient (Wildman–Crippen LogP) is 3.41. The van der Waals surface area contributed by atoms with Crippen LogP contribution in [0.25, 0.3) is 22.7 Å². The summed E-state index contributed by atoms with van der Waals surface area (Å²) in [7, 11) is 0. The van der Waals surface area contributed by atoms with Gasteiger partial charge in [-0.1, -0.05) is 30.9 Å². The second kappa shape index (κ2) is 10.2. The van der Waals surface area contributed by atoms with Gasteiger partial charge in [-0.25, -0.2) is 15.0 Å². The van der Waals surface area contributed by atoms with Gasteiger partial charge in [0.15, 0.2) is 35.1 Å². The smallest absolute Gasteiger partial charge is 0.303 e. The first-order valence-electron chi connectivity index (χ1n) is 10.9. The van der Waals surface area contributed by atoms with E-state index in [1.54, 1.807) is 10.8 Å². The Morgan fingerprint density at radius 1 is 1.26 bits per heavy atom. The van der Waals surface area contributed by atoms with Crippen LogP contribution in [-0.2, 0) is 23.8 Å². The Morgan fingerprint density at radius 3 is 2.74 bits per heavy atom. The monoisotopic (exact) mass is 485 g/mol. The summed E-state index contributed by atoms with van der Waals surface area (Å²) in [6, 6.07) is 3.64. The maximum Gasteiger partial charge on any atom is 0.303 e. The molecule has 1 N–H and O–H groups in total. The van der Waals surface area contributed by atoms with Crippen molar-refractivity contribution in [3.8, 4) is 23.4 Å². The first kappa shape index (κ1) is 23.7. The summed E-state index contributed by atoms with van der Waals surface area (Å²) in [6.07, 6.45) is 1.84. The van der Waals surface area contributed by atoms with Gasteiger partial charge >= 0.3 is 11.9 Å². The molecule has 0 amide bonds. The molecule has 0 spiro atoms. The Labute approximate surface area is 201 Å². The predicted molar refractivity (Wildman–Crippen MR) is 123 cm³/mol. The first-order valence-corrected chi connectivity index (χ1v) is 11.3. The van der Waals surface area contributed by atoms with Crippen LogP contribution in [0.2, 0.25) is 5.15 Å². The Hall–Kier alpha value is -3.42. The molecule has 0 saturated carbocycles. The number of hydrogen-bond acceptors (Lipinski definition) is 8. The van der Waals surface area contributed by atoms with Crippen LogP contribution in [0.3, 0.4) is 0 Å². The molecule has 1 fully saturated rings. The van der Waals surface area contributed by atoms with Crippen molar-refractivity contribution in [2.75, 3.05) is 6.61 Å². The van der Waals surface area contributed by atoms with E-state index < -0.39 is 30.4 Å². The molecule has 34 heavy (non-hydrogen) atoms.